The summed E-state index contributed by atoms with van der Waals surface area (Å²) in [7, 11) is -3.67. The molecule has 2 N–H and O–H groups in total. The molecule has 0 amide bonds. The molecule has 4 nitrogen and oxygen atoms in total. The fraction of sp³-hybridized carbons (Fsp3) is 0.333. The molecular formula is C18H23FN2O2S. The molecule has 0 fully saturated rings. The van der Waals surface area contributed by atoms with Crippen molar-refractivity contribution in [3.8, 4) is 0 Å². The fourth-order valence-electron chi connectivity index (χ4n) is 2.72. The highest BCUT2D eigenvalue weighted by molar-refractivity contribution is 7.91. The lowest BCUT2D eigenvalue weighted by Crippen LogP contribution is -2.23. The Morgan fingerprint density at radius 2 is 1.54 bits per heavy atom. The lowest BCUT2D eigenvalue weighted by atomic mass is 10.1. The van der Waals surface area contributed by atoms with E-state index in [2.05, 4.69) is 18.7 Å². The van der Waals surface area contributed by atoms with Crippen LogP contribution >= 0.6 is 0 Å². The van der Waals surface area contributed by atoms with Crippen LogP contribution in [0, 0.1) is 5.82 Å². The minimum Gasteiger partial charge on any atom is -0.372 e. The van der Waals surface area contributed by atoms with E-state index in [1.54, 1.807) is 12.1 Å². The quantitative estimate of drug-likeness (QED) is 0.779. The van der Waals surface area contributed by atoms with Crippen LogP contribution < -0.4 is 10.6 Å². The standard InChI is InChI=1S/C18H23FN2O2S/c1-3-21(4-2)16-9-5-14(6-10-16)18(13-20)24(22,23)17-11-7-15(19)8-12-17/h5-12,18H,3-4,13,20H2,1-2H3/t18-/m0/s1. The molecule has 0 saturated carbocycles. The van der Waals surface area contributed by atoms with E-state index < -0.39 is 20.9 Å². The molecule has 2 aromatic rings. The molecule has 0 heterocycles. The first-order chi connectivity index (χ1) is 11.4. The van der Waals surface area contributed by atoms with E-state index in [1.807, 2.05) is 12.1 Å². The number of hydrogen-bond acceptors (Lipinski definition) is 4. The molecular weight excluding hydrogens is 327 g/mol. The highest BCUT2D eigenvalue weighted by Gasteiger charge is 2.28. The SMILES string of the molecule is CCN(CC)c1ccc([C@H](CN)S(=O)(=O)c2ccc(F)cc2)cc1. The van der Waals surface area contributed by atoms with Gasteiger partial charge in [0, 0.05) is 25.3 Å². The van der Waals surface area contributed by atoms with Crippen LogP contribution in [-0.4, -0.2) is 28.1 Å². The van der Waals surface area contributed by atoms with E-state index in [1.165, 1.54) is 12.1 Å². The number of anilines is 1. The third-order valence-electron chi connectivity index (χ3n) is 4.12. The number of sulfone groups is 1. The van der Waals surface area contributed by atoms with Crippen LogP contribution in [0.2, 0.25) is 0 Å². The van der Waals surface area contributed by atoms with E-state index in [0.717, 1.165) is 30.9 Å². The third kappa shape index (κ3) is 3.76. The highest BCUT2D eigenvalue weighted by Crippen LogP contribution is 2.29. The zero-order valence-electron chi connectivity index (χ0n) is 13.9. The number of hydrogen-bond donors (Lipinski definition) is 1. The van der Waals surface area contributed by atoms with Crippen LogP contribution in [-0.2, 0) is 9.84 Å². The van der Waals surface area contributed by atoms with E-state index in [-0.39, 0.29) is 11.4 Å². The Bertz CT molecular complexity index is 755. The number of halogens is 1. The molecule has 1 atom stereocenters. The van der Waals surface area contributed by atoms with Crippen molar-refractivity contribution < 1.29 is 12.8 Å². The number of benzene rings is 2. The maximum Gasteiger partial charge on any atom is 0.186 e. The number of nitrogens with two attached hydrogens (primary N) is 1. The second-order valence-electron chi connectivity index (χ2n) is 5.49. The van der Waals surface area contributed by atoms with Gasteiger partial charge in [-0.25, -0.2) is 12.8 Å². The molecule has 6 heteroatoms. The number of nitrogens with zero attached hydrogens (tertiary/aromatic N) is 1. The summed E-state index contributed by atoms with van der Waals surface area (Å²) < 4.78 is 38.6. The molecule has 0 spiro atoms. The predicted molar refractivity (Wildman–Crippen MR) is 95.4 cm³/mol. The molecule has 0 bridgehead atoms. The Hall–Kier alpha value is -1.92. The van der Waals surface area contributed by atoms with Crippen LogP contribution in [0.15, 0.2) is 53.4 Å². The summed E-state index contributed by atoms with van der Waals surface area (Å²) in [5.41, 5.74) is 7.42. The van der Waals surface area contributed by atoms with Gasteiger partial charge in [-0.1, -0.05) is 12.1 Å². The summed E-state index contributed by atoms with van der Waals surface area (Å²) in [6, 6.07) is 12.2. The average molecular weight is 350 g/mol. The van der Waals surface area contributed by atoms with Crippen LogP contribution in [0.1, 0.15) is 24.7 Å². The first kappa shape index (κ1) is 18.4. The Morgan fingerprint density at radius 1 is 1.00 bits per heavy atom. The largest absolute Gasteiger partial charge is 0.372 e. The smallest absolute Gasteiger partial charge is 0.186 e. The van der Waals surface area contributed by atoms with Gasteiger partial charge in [0.1, 0.15) is 11.1 Å². The molecule has 24 heavy (non-hydrogen) atoms. The minimum absolute atomic E-state index is 0.0374. The van der Waals surface area contributed by atoms with Gasteiger partial charge < -0.3 is 10.6 Å². The van der Waals surface area contributed by atoms with Crippen molar-refractivity contribution in [2.24, 2.45) is 5.73 Å². The summed E-state index contributed by atoms with van der Waals surface area (Å²) in [5.74, 6) is -0.471. The van der Waals surface area contributed by atoms with Gasteiger partial charge in [-0.3, -0.25) is 0 Å². The molecule has 2 aromatic carbocycles. The molecule has 0 aliphatic rings. The topological polar surface area (TPSA) is 63.4 Å². The van der Waals surface area contributed by atoms with Gasteiger partial charge in [0.05, 0.1) is 4.90 Å². The van der Waals surface area contributed by atoms with Gasteiger partial charge in [0.2, 0.25) is 0 Å². The minimum atomic E-state index is -3.67. The first-order valence-corrected chi connectivity index (χ1v) is 9.53. The van der Waals surface area contributed by atoms with Crippen molar-refractivity contribution in [2.45, 2.75) is 24.0 Å². The summed E-state index contributed by atoms with van der Waals surface area (Å²) in [4.78, 5) is 2.25. The Labute approximate surface area is 143 Å². The lowest BCUT2D eigenvalue weighted by molar-refractivity contribution is 0.581. The predicted octanol–water partition coefficient (Wildman–Crippen LogP) is 3.15. The molecule has 0 radical (unpaired) electrons. The van der Waals surface area contributed by atoms with Gasteiger partial charge in [-0.2, -0.15) is 0 Å². The highest BCUT2D eigenvalue weighted by atomic mass is 32.2. The zero-order valence-corrected chi connectivity index (χ0v) is 14.8. The summed E-state index contributed by atoms with van der Waals surface area (Å²) in [5, 5.41) is -0.853. The van der Waals surface area contributed by atoms with Gasteiger partial charge in [0.15, 0.2) is 9.84 Å². The van der Waals surface area contributed by atoms with Gasteiger partial charge in [-0.15, -0.1) is 0 Å². The zero-order chi connectivity index (χ0) is 17.7. The van der Waals surface area contributed by atoms with E-state index in [0.29, 0.717) is 5.56 Å². The maximum absolute atomic E-state index is 13.0. The first-order valence-electron chi connectivity index (χ1n) is 7.98. The molecule has 2 rings (SSSR count). The molecule has 0 aromatic heterocycles. The van der Waals surface area contributed by atoms with Crippen LogP contribution in [0.3, 0.4) is 0 Å². The molecule has 0 aliphatic heterocycles. The summed E-state index contributed by atoms with van der Waals surface area (Å²) in [6.07, 6.45) is 0. The third-order valence-corrected chi connectivity index (χ3v) is 6.27. The van der Waals surface area contributed by atoms with Crippen molar-refractivity contribution in [1.29, 1.82) is 0 Å². The monoisotopic (exact) mass is 350 g/mol. The second kappa shape index (κ2) is 7.77. The van der Waals surface area contributed by atoms with Gasteiger partial charge in [0.25, 0.3) is 0 Å². The summed E-state index contributed by atoms with van der Waals surface area (Å²) in [6.45, 7) is 5.86. The van der Waals surface area contributed by atoms with Crippen molar-refractivity contribution >= 4 is 15.5 Å². The second-order valence-corrected chi connectivity index (χ2v) is 7.62. The molecule has 0 saturated heterocycles. The lowest BCUT2D eigenvalue weighted by Gasteiger charge is -2.22. The number of rotatable bonds is 7. The fourth-order valence-corrected chi connectivity index (χ4v) is 4.33. The van der Waals surface area contributed by atoms with E-state index in [9.17, 15) is 12.8 Å². The molecule has 130 valence electrons. The Balaban J connectivity index is 2.35. The Kier molecular flexibility index (Phi) is 5.96. The van der Waals surface area contributed by atoms with Crippen LogP contribution in [0.25, 0.3) is 0 Å². The van der Waals surface area contributed by atoms with Gasteiger partial charge >= 0.3 is 0 Å². The van der Waals surface area contributed by atoms with Crippen molar-refractivity contribution in [3.05, 3.63) is 59.9 Å². The Morgan fingerprint density at radius 3 is 2.00 bits per heavy atom. The van der Waals surface area contributed by atoms with E-state index >= 15 is 0 Å². The maximum atomic E-state index is 13.0. The molecule has 0 unspecified atom stereocenters. The molecule has 0 aliphatic carbocycles. The van der Waals surface area contributed by atoms with Crippen LogP contribution in [0.4, 0.5) is 10.1 Å². The van der Waals surface area contributed by atoms with Crippen molar-refractivity contribution in [2.75, 3.05) is 24.5 Å². The van der Waals surface area contributed by atoms with Crippen molar-refractivity contribution in [3.63, 3.8) is 0 Å². The normalized spacial score (nSPS) is 12.8. The van der Waals surface area contributed by atoms with E-state index in [4.69, 9.17) is 5.73 Å². The van der Waals surface area contributed by atoms with Crippen molar-refractivity contribution in [1.82, 2.24) is 0 Å². The summed E-state index contributed by atoms with van der Waals surface area (Å²) >= 11 is 0. The van der Waals surface area contributed by atoms with Gasteiger partial charge in [-0.05, 0) is 55.8 Å². The average Bonchev–Trinajstić information content (AvgIpc) is 2.58. The van der Waals surface area contributed by atoms with Crippen LogP contribution in [0.5, 0.6) is 0 Å².